The first-order valence-electron chi connectivity index (χ1n) is 10.9. The van der Waals surface area contributed by atoms with Crippen LogP contribution < -0.4 is 0 Å². The van der Waals surface area contributed by atoms with Crippen molar-refractivity contribution in [3.63, 3.8) is 0 Å². The van der Waals surface area contributed by atoms with Crippen molar-refractivity contribution < 1.29 is 35.9 Å². The molecule has 0 atom stereocenters. The van der Waals surface area contributed by atoms with Gasteiger partial charge in [-0.2, -0.15) is 17.5 Å². The number of carbonyl (C=O) groups is 1. The third kappa shape index (κ3) is 5.29. The predicted molar refractivity (Wildman–Crippen MR) is 127 cm³/mol. The monoisotopic (exact) mass is 517 g/mol. The van der Waals surface area contributed by atoms with Crippen LogP contribution in [0.5, 0.6) is 0 Å². The first-order valence-corrected chi connectivity index (χ1v) is 12.4. The molecule has 0 unspecified atom stereocenters. The third-order valence-corrected chi connectivity index (χ3v) is 7.69. The van der Waals surface area contributed by atoms with Crippen molar-refractivity contribution in [2.75, 3.05) is 6.54 Å². The maximum absolute atomic E-state index is 13.7. The average molecular weight is 518 g/mol. The summed E-state index contributed by atoms with van der Waals surface area (Å²) in [5.74, 6) is -1.56. The van der Waals surface area contributed by atoms with Gasteiger partial charge in [0, 0.05) is 24.0 Å². The highest BCUT2D eigenvalue weighted by Gasteiger charge is 2.31. The standard InChI is InChI=1S/C26H22F3NO5S/c1-17-22-15-21(10-11-23(22)35-24(17)25(31)32)36(33,34)30(13-12-18-6-3-2-4-7-18)16-19-8-5-9-20(14-19)26(27,28)29/h2-11,14-15H,12-13,16H2,1H3,(H,31,32). The molecule has 6 nitrogen and oxygen atoms in total. The summed E-state index contributed by atoms with van der Waals surface area (Å²) in [4.78, 5) is 11.3. The fraction of sp³-hybridized carbons (Fsp3) is 0.192. The van der Waals surface area contributed by atoms with Gasteiger partial charge in [-0.15, -0.1) is 0 Å². The first-order chi connectivity index (χ1) is 17.0. The number of rotatable bonds is 8. The minimum Gasteiger partial charge on any atom is -0.475 e. The molecule has 0 saturated heterocycles. The summed E-state index contributed by atoms with van der Waals surface area (Å²) in [7, 11) is -4.17. The van der Waals surface area contributed by atoms with E-state index in [1.54, 1.807) is 0 Å². The third-order valence-electron chi connectivity index (χ3n) is 5.85. The lowest BCUT2D eigenvalue weighted by Gasteiger charge is -2.23. The Morgan fingerprint density at radius 2 is 1.67 bits per heavy atom. The van der Waals surface area contributed by atoms with Crippen molar-refractivity contribution in [1.29, 1.82) is 0 Å². The van der Waals surface area contributed by atoms with E-state index in [9.17, 15) is 31.5 Å². The van der Waals surface area contributed by atoms with E-state index in [0.29, 0.717) is 11.8 Å². The number of nitrogens with zero attached hydrogens (tertiary/aromatic N) is 1. The van der Waals surface area contributed by atoms with Gasteiger partial charge in [-0.3, -0.25) is 0 Å². The smallest absolute Gasteiger partial charge is 0.416 e. The van der Waals surface area contributed by atoms with Gasteiger partial charge >= 0.3 is 12.1 Å². The quantitative estimate of drug-likeness (QED) is 0.315. The maximum atomic E-state index is 13.7. The van der Waals surface area contributed by atoms with Gasteiger partial charge in [-0.25, -0.2) is 13.2 Å². The molecule has 36 heavy (non-hydrogen) atoms. The highest BCUT2D eigenvalue weighted by molar-refractivity contribution is 7.89. The van der Waals surface area contributed by atoms with Crippen LogP contribution in [0, 0.1) is 6.92 Å². The molecule has 188 valence electrons. The Morgan fingerprint density at radius 3 is 2.33 bits per heavy atom. The van der Waals surface area contributed by atoms with Crippen LogP contribution in [0.4, 0.5) is 13.2 Å². The normalized spacial score (nSPS) is 12.4. The van der Waals surface area contributed by atoms with Gasteiger partial charge in [0.25, 0.3) is 0 Å². The zero-order chi connectivity index (χ0) is 26.1. The molecule has 0 fully saturated rings. The molecule has 0 amide bonds. The molecule has 0 aliphatic rings. The van der Waals surface area contributed by atoms with E-state index < -0.39 is 27.7 Å². The fourth-order valence-corrected chi connectivity index (χ4v) is 5.40. The van der Waals surface area contributed by atoms with Crippen LogP contribution in [0.3, 0.4) is 0 Å². The molecule has 3 aromatic carbocycles. The molecule has 0 spiro atoms. The van der Waals surface area contributed by atoms with Gasteiger partial charge in [0.15, 0.2) is 0 Å². The van der Waals surface area contributed by atoms with E-state index in [4.69, 9.17) is 4.42 Å². The molecule has 0 aliphatic carbocycles. The summed E-state index contributed by atoms with van der Waals surface area (Å²) >= 11 is 0. The zero-order valence-corrected chi connectivity index (χ0v) is 19.9. The molecule has 0 aliphatic heterocycles. The molecule has 10 heteroatoms. The van der Waals surface area contributed by atoms with Crippen LogP contribution in [0.25, 0.3) is 11.0 Å². The molecule has 4 aromatic rings. The van der Waals surface area contributed by atoms with Crippen LogP contribution in [0.2, 0.25) is 0 Å². The zero-order valence-electron chi connectivity index (χ0n) is 19.1. The van der Waals surface area contributed by atoms with E-state index >= 15 is 0 Å². The summed E-state index contributed by atoms with van der Waals surface area (Å²) in [6.45, 7) is 1.26. The Labute approximate surface area is 205 Å². The van der Waals surface area contributed by atoms with Crippen molar-refractivity contribution in [3.05, 3.63) is 101 Å². The number of aromatic carboxylic acids is 1. The number of alkyl halides is 3. The maximum Gasteiger partial charge on any atom is 0.416 e. The minimum absolute atomic E-state index is 0.0192. The van der Waals surface area contributed by atoms with Crippen LogP contribution in [-0.4, -0.2) is 30.3 Å². The molecule has 4 rings (SSSR count). The molecule has 1 heterocycles. The van der Waals surface area contributed by atoms with Gasteiger partial charge in [-0.1, -0.05) is 48.5 Å². The van der Waals surface area contributed by atoms with Crippen LogP contribution in [0.15, 0.2) is 82.1 Å². The van der Waals surface area contributed by atoms with Crippen molar-refractivity contribution in [2.45, 2.75) is 31.0 Å². The fourth-order valence-electron chi connectivity index (χ4n) is 3.95. The topological polar surface area (TPSA) is 87.8 Å². The molecular formula is C26H22F3NO5S. The lowest BCUT2D eigenvalue weighted by Crippen LogP contribution is -2.32. The second-order valence-electron chi connectivity index (χ2n) is 8.29. The first kappa shape index (κ1) is 25.5. The van der Waals surface area contributed by atoms with Crippen molar-refractivity contribution >= 4 is 27.0 Å². The SMILES string of the molecule is Cc1c(C(=O)O)oc2ccc(S(=O)(=O)N(CCc3ccccc3)Cc3cccc(C(F)(F)F)c3)cc12. The van der Waals surface area contributed by atoms with E-state index in [1.807, 2.05) is 30.3 Å². The Kier molecular flexibility index (Phi) is 6.92. The van der Waals surface area contributed by atoms with E-state index in [0.717, 1.165) is 22.0 Å². The van der Waals surface area contributed by atoms with E-state index in [2.05, 4.69) is 0 Å². The lowest BCUT2D eigenvalue weighted by molar-refractivity contribution is -0.137. The largest absolute Gasteiger partial charge is 0.475 e. The molecule has 1 aromatic heterocycles. The number of hydrogen-bond donors (Lipinski definition) is 1. The number of sulfonamides is 1. The Balaban J connectivity index is 1.73. The average Bonchev–Trinajstić information content (AvgIpc) is 3.18. The van der Waals surface area contributed by atoms with Gasteiger partial charge in [0.05, 0.1) is 10.5 Å². The number of carboxylic acid groups (broad SMARTS) is 1. The number of aryl methyl sites for hydroxylation is 1. The number of halogens is 3. The van der Waals surface area contributed by atoms with Crippen molar-refractivity contribution in [1.82, 2.24) is 4.31 Å². The highest BCUT2D eigenvalue weighted by Crippen LogP contribution is 2.32. The second kappa shape index (κ2) is 9.79. The van der Waals surface area contributed by atoms with Crippen LogP contribution in [-0.2, 0) is 29.2 Å². The van der Waals surface area contributed by atoms with Crippen molar-refractivity contribution in [3.8, 4) is 0 Å². The van der Waals surface area contributed by atoms with Gasteiger partial charge < -0.3 is 9.52 Å². The molecule has 0 saturated carbocycles. The molecule has 1 N–H and O–H groups in total. The Morgan fingerprint density at radius 1 is 0.972 bits per heavy atom. The molecule has 0 radical (unpaired) electrons. The number of furan rings is 1. The molecular weight excluding hydrogens is 495 g/mol. The minimum atomic E-state index is -4.56. The van der Waals surface area contributed by atoms with Gasteiger partial charge in [0.1, 0.15) is 5.58 Å². The lowest BCUT2D eigenvalue weighted by atomic mass is 10.1. The van der Waals surface area contributed by atoms with Gasteiger partial charge in [-0.05, 0) is 48.7 Å². The number of carboxylic acids is 1. The summed E-state index contributed by atoms with van der Waals surface area (Å²) in [5.41, 5.74) is 0.696. The van der Waals surface area contributed by atoms with E-state index in [-0.39, 0.29) is 40.5 Å². The van der Waals surface area contributed by atoms with Gasteiger partial charge in [0.2, 0.25) is 15.8 Å². The molecule has 0 bridgehead atoms. The summed E-state index contributed by atoms with van der Waals surface area (Å²) in [6, 6.07) is 17.7. The van der Waals surface area contributed by atoms with Crippen molar-refractivity contribution in [2.24, 2.45) is 0 Å². The summed E-state index contributed by atoms with van der Waals surface area (Å²) in [5, 5.41) is 9.63. The van der Waals surface area contributed by atoms with Crippen LogP contribution >= 0.6 is 0 Å². The number of benzene rings is 3. The van der Waals surface area contributed by atoms with E-state index in [1.165, 1.54) is 37.3 Å². The summed E-state index contributed by atoms with van der Waals surface area (Å²) in [6.07, 6.45) is -4.22. The number of hydrogen-bond acceptors (Lipinski definition) is 4. The Bertz CT molecular complexity index is 1510. The predicted octanol–water partition coefficient (Wildman–Crippen LogP) is 5.89. The van der Waals surface area contributed by atoms with Crippen LogP contribution in [0.1, 0.15) is 32.8 Å². The number of fused-ring (bicyclic) bond motifs is 1. The Hall–Kier alpha value is -3.63. The second-order valence-corrected chi connectivity index (χ2v) is 10.2. The summed E-state index contributed by atoms with van der Waals surface area (Å²) < 4.78 is 73.5. The highest BCUT2D eigenvalue weighted by atomic mass is 32.2.